The van der Waals surface area contributed by atoms with Gasteiger partial charge in [0.1, 0.15) is 0 Å². The second-order valence-electron chi connectivity index (χ2n) is 6.80. The van der Waals surface area contributed by atoms with Gasteiger partial charge in [-0.15, -0.1) is 0 Å². The molecule has 0 spiro atoms. The van der Waals surface area contributed by atoms with Crippen LogP contribution in [0.25, 0.3) is 21.8 Å². The van der Waals surface area contributed by atoms with Crippen LogP contribution in [-0.4, -0.2) is 28.4 Å². The highest BCUT2D eigenvalue weighted by molar-refractivity contribution is 6.12. The molecule has 0 radical (unpaired) electrons. The Kier molecular flexibility index (Phi) is 4.68. The van der Waals surface area contributed by atoms with Gasteiger partial charge in [0.2, 0.25) is 0 Å². The summed E-state index contributed by atoms with van der Waals surface area (Å²) >= 11 is 0. The molecule has 3 aromatic rings. The molecule has 0 aliphatic heterocycles. The molecular formula is C20H25N3O2. The number of aryl methyl sites for hydroxylation is 1. The summed E-state index contributed by atoms with van der Waals surface area (Å²) in [6.45, 7) is 8.05. The van der Waals surface area contributed by atoms with Gasteiger partial charge >= 0.3 is 6.03 Å². The second-order valence-corrected chi connectivity index (χ2v) is 6.80. The molecule has 1 atom stereocenters. The molecule has 0 aliphatic rings. The van der Waals surface area contributed by atoms with E-state index in [9.17, 15) is 4.79 Å². The van der Waals surface area contributed by atoms with E-state index >= 15 is 0 Å². The van der Waals surface area contributed by atoms with Gasteiger partial charge in [-0.1, -0.05) is 18.2 Å². The van der Waals surface area contributed by atoms with Crippen molar-refractivity contribution in [1.82, 2.24) is 9.88 Å². The molecule has 0 bridgehead atoms. The number of para-hydroxylation sites is 1. The van der Waals surface area contributed by atoms with Crippen molar-refractivity contribution in [3.05, 3.63) is 42.0 Å². The summed E-state index contributed by atoms with van der Waals surface area (Å²) in [5, 5.41) is 17.0. The van der Waals surface area contributed by atoms with Gasteiger partial charge in [0.05, 0.1) is 12.6 Å². The molecule has 1 aromatic heterocycles. The first kappa shape index (κ1) is 17.3. The minimum Gasteiger partial charge on any atom is -0.394 e. The van der Waals surface area contributed by atoms with Gasteiger partial charge in [0.25, 0.3) is 0 Å². The van der Waals surface area contributed by atoms with E-state index in [0.29, 0.717) is 6.04 Å². The fourth-order valence-electron chi connectivity index (χ4n) is 3.38. The minimum absolute atomic E-state index is 0.0900. The molecule has 132 valence electrons. The maximum Gasteiger partial charge on any atom is 0.319 e. The summed E-state index contributed by atoms with van der Waals surface area (Å²) in [5.41, 5.74) is 4.19. The lowest BCUT2D eigenvalue weighted by molar-refractivity contribution is 0.229. The largest absolute Gasteiger partial charge is 0.394 e. The van der Waals surface area contributed by atoms with Crippen molar-refractivity contribution in [1.29, 1.82) is 0 Å². The summed E-state index contributed by atoms with van der Waals surface area (Å²) < 4.78 is 2.33. The second kappa shape index (κ2) is 6.76. The van der Waals surface area contributed by atoms with Gasteiger partial charge in [-0.25, -0.2) is 4.79 Å². The van der Waals surface area contributed by atoms with E-state index in [1.807, 2.05) is 19.1 Å². The Morgan fingerprint density at radius 1 is 1.12 bits per heavy atom. The van der Waals surface area contributed by atoms with Gasteiger partial charge in [-0.3, -0.25) is 0 Å². The minimum atomic E-state index is -0.309. The number of benzene rings is 2. The maximum absolute atomic E-state index is 12.1. The van der Waals surface area contributed by atoms with Crippen LogP contribution >= 0.6 is 0 Å². The molecule has 3 rings (SSSR count). The molecule has 0 fully saturated rings. The number of hydrogen-bond acceptors (Lipinski definition) is 2. The average Bonchev–Trinajstić information content (AvgIpc) is 2.92. The van der Waals surface area contributed by atoms with E-state index in [-0.39, 0.29) is 18.7 Å². The van der Waals surface area contributed by atoms with Gasteiger partial charge in [-0.05, 0) is 51.5 Å². The van der Waals surface area contributed by atoms with Crippen LogP contribution in [0.5, 0.6) is 0 Å². The number of amides is 2. The number of anilines is 1. The van der Waals surface area contributed by atoms with Gasteiger partial charge < -0.3 is 20.3 Å². The van der Waals surface area contributed by atoms with Gasteiger partial charge in [-0.2, -0.15) is 0 Å². The predicted octanol–water partition coefficient (Wildman–Crippen LogP) is 4.19. The SMILES string of the molecule is Cc1c(NC(=O)NC(C)CO)ccc2c1c1ccccc1n2C(C)C. The lowest BCUT2D eigenvalue weighted by atomic mass is 10.1. The van der Waals surface area contributed by atoms with Crippen molar-refractivity contribution in [2.75, 3.05) is 11.9 Å². The molecule has 1 heterocycles. The topological polar surface area (TPSA) is 66.3 Å². The number of urea groups is 1. The van der Waals surface area contributed by atoms with Crippen molar-refractivity contribution < 1.29 is 9.90 Å². The fourth-order valence-corrected chi connectivity index (χ4v) is 3.38. The molecule has 1 unspecified atom stereocenters. The Morgan fingerprint density at radius 2 is 1.84 bits per heavy atom. The standard InChI is InChI=1S/C20H25N3O2/c1-12(2)23-17-8-6-5-7-15(17)19-14(4)16(9-10-18(19)23)22-20(25)21-13(3)11-24/h5-10,12-13,24H,11H2,1-4H3,(H2,21,22,25). The lowest BCUT2D eigenvalue weighted by Gasteiger charge is -2.15. The van der Waals surface area contributed by atoms with E-state index in [1.165, 1.54) is 16.4 Å². The van der Waals surface area contributed by atoms with E-state index in [1.54, 1.807) is 6.92 Å². The van der Waals surface area contributed by atoms with Crippen molar-refractivity contribution in [2.45, 2.75) is 39.8 Å². The summed E-state index contributed by atoms with van der Waals surface area (Å²) in [6, 6.07) is 12.1. The van der Waals surface area contributed by atoms with Crippen LogP contribution in [0.1, 0.15) is 32.4 Å². The van der Waals surface area contributed by atoms with E-state index in [0.717, 1.165) is 16.6 Å². The van der Waals surface area contributed by atoms with Crippen molar-refractivity contribution in [3.8, 4) is 0 Å². The number of aliphatic hydroxyl groups excluding tert-OH is 1. The number of aliphatic hydroxyl groups is 1. The Balaban J connectivity index is 2.11. The molecular weight excluding hydrogens is 314 g/mol. The molecule has 0 aliphatic carbocycles. The number of nitrogens with zero attached hydrogens (tertiary/aromatic N) is 1. The van der Waals surface area contributed by atoms with Crippen LogP contribution < -0.4 is 10.6 Å². The zero-order chi connectivity index (χ0) is 18.1. The first-order valence-electron chi connectivity index (χ1n) is 8.64. The predicted molar refractivity (Wildman–Crippen MR) is 103 cm³/mol. The number of carbonyl (C=O) groups excluding carboxylic acids is 1. The highest BCUT2D eigenvalue weighted by Gasteiger charge is 2.17. The molecule has 5 heteroatoms. The summed E-state index contributed by atoms with van der Waals surface area (Å²) in [6.07, 6.45) is 0. The van der Waals surface area contributed by atoms with E-state index in [4.69, 9.17) is 5.11 Å². The quantitative estimate of drug-likeness (QED) is 0.667. The van der Waals surface area contributed by atoms with Crippen LogP contribution in [-0.2, 0) is 0 Å². The third-order valence-corrected chi connectivity index (χ3v) is 4.55. The zero-order valence-corrected chi connectivity index (χ0v) is 15.1. The molecule has 2 amide bonds. The molecule has 25 heavy (non-hydrogen) atoms. The Bertz CT molecular complexity index is 927. The van der Waals surface area contributed by atoms with Crippen molar-refractivity contribution >= 4 is 33.5 Å². The fraction of sp³-hybridized carbons (Fsp3) is 0.350. The number of aromatic nitrogens is 1. The number of carbonyl (C=O) groups is 1. The summed E-state index contributed by atoms with van der Waals surface area (Å²) in [4.78, 5) is 12.1. The Labute approximate surface area is 147 Å². The number of hydrogen-bond donors (Lipinski definition) is 3. The maximum atomic E-state index is 12.1. The number of rotatable bonds is 4. The monoisotopic (exact) mass is 339 g/mol. The molecule has 2 aromatic carbocycles. The smallest absolute Gasteiger partial charge is 0.319 e. The van der Waals surface area contributed by atoms with Crippen LogP contribution in [0, 0.1) is 6.92 Å². The molecule has 0 saturated heterocycles. The van der Waals surface area contributed by atoms with Gasteiger partial charge in [0, 0.05) is 33.5 Å². The zero-order valence-electron chi connectivity index (χ0n) is 15.1. The molecule has 3 N–H and O–H groups in total. The van der Waals surface area contributed by atoms with E-state index < -0.39 is 0 Å². The first-order chi connectivity index (χ1) is 11.9. The molecule has 0 saturated carbocycles. The lowest BCUT2D eigenvalue weighted by Crippen LogP contribution is -2.38. The highest BCUT2D eigenvalue weighted by atomic mass is 16.3. The third kappa shape index (κ3) is 3.07. The van der Waals surface area contributed by atoms with Crippen LogP contribution in [0.2, 0.25) is 0 Å². The average molecular weight is 339 g/mol. The third-order valence-electron chi connectivity index (χ3n) is 4.55. The van der Waals surface area contributed by atoms with E-state index in [2.05, 4.69) is 53.3 Å². The van der Waals surface area contributed by atoms with Crippen LogP contribution in [0.15, 0.2) is 36.4 Å². The first-order valence-corrected chi connectivity index (χ1v) is 8.64. The Morgan fingerprint density at radius 3 is 2.52 bits per heavy atom. The number of nitrogens with one attached hydrogen (secondary N) is 2. The van der Waals surface area contributed by atoms with Crippen LogP contribution in [0.4, 0.5) is 10.5 Å². The number of fused-ring (bicyclic) bond motifs is 3. The van der Waals surface area contributed by atoms with Gasteiger partial charge in [0.15, 0.2) is 0 Å². The van der Waals surface area contributed by atoms with Crippen molar-refractivity contribution in [3.63, 3.8) is 0 Å². The summed E-state index contributed by atoms with van der Waals surface area (Å²) in [7, 11) is 0. The highest BCUT2D eigenvalue weighted by Crippen LogP contribution is 2.36. The Hall–Kier alpha value is -2.53. The van der Waals surface area contributed by atoms with Crippen molar-refractivity contribution in [2.24, 2.45) is 0 Å². The van der Waals surface area contributed by atoms with Crippen LogP contribution in [0.3, 0.4) is 0 Å². The summed E-state index contributed by atoms with van der Waals surface area (Å²) in [5.74, 6) is 0. The molecule has 5 nitrogen and oxygen atoms in total. The normalized spacial score (nSPS) is 12.7.